The average molecular weight is 383 g/mol. The van der Waals surface area contributed by atoms with E-state index in [0.29, 0.717) is 18.9 Å². The molecule has 0 aromatic heterocycles. The number of nitrogens with zero attached hydrogens (tertiary/aromatic N) is 2. The van der Waals surface area contributed by atoms with Gasteiger partial charge in [-0.15, -0.1) is 0 Å². The molecule has 28 heavy (non-hydrogen) atoms. The van der Waals surface area contributed by atoms with E-state index < -0.39 is 0 Å². The Balaban J connectivity index is 1.58. The number of hydrogen-bond donors (Lipinski definition) is 1. The highest BCUT2D eigenvalue weighted by molar-refractivity contribution is 5.70. The van der Waals surface area contributed by atoms with Crippen LogP contribution in [0.5, 0.6) is 5.75 Å². The molecule has 148 valence electrons. The molecule has 0 aliphatic carbocycles. The largest absolute Gasteiger partial charge is 0.467 e. The molecule has 2 aromatic rings. The Morgan fingerprint density at radius 3 is 2.68 bits per heavy atom. The Hall–Kier alpha value is -2.80. The van der Waals surface area contributed by atoms with Crippen molar-refractivity contribution in [1.29, 1.82) is 0 Å². The summed E-state index contributed by atoms with van der Waals surface area (Å²) in [5.74, 6) is 0.691. The van der Waals surface area contributed by atoms with Crippen LogP contribution in [0.25, 0.3) is 0 Å². The SMILES string of the molecule is O=[N+]([O-])c1cc(CNc2ccccc2N2CCCCCC2)c2c(c1)COCO2. The summed E-state index contributed by atoms with van der Waals surface area (Å²) in [7, 11) is 0. The summed E-state index contributed by atoms with van der Waals surface area (Å²) in [5, 5.41) is 14.8. The fourth-order valence-electron chi connectivity index (χ4n) is 3.92. The van der Waals surface area contributed by atoms with Gasteiger partial charge >= 0.3 is 0 Å². The van der Waals surface area contributed by atoms with Gasteiger partial charge < -0.3 is 19.7 Å². The van der Waals surface area contributed by atoms with Crippen LogP contribution in [0.4, 0.5) is 17.1 Å². The third-order valence-corrected chi connectivity index (χ3v) is 5.30. The number of rotatable bonds is 5. The topological polar surface area (TPSA) is 76.9 Å². The van der Waals surface area contributed by atoms with E-state index >= 15 is 0 Å². The Morgan fingerprint density at radius 2 is 1.89 bits per heavy atom. The number of hydrogen-bond acceptors (Lipinski definition) is 6. The number of ether oxygens (including phenoxy) is 2. The van der Waals surface area contributed by atoms with Gasteiger partial charge in [-0.05, 0) is 25.0 Å². The lowest BCUT2D eigenvalue weighted by molar-refractivity contribution is -0.385. The Morgan fingerprint density at radius 1 is 1.11 bits per heavy atom. The van der Waals surface area contributed by atoms with E-state index in [9.17, 15) is 10.1 Å². The highest BCUT2D eigenvalue weighted by Gasteiger charge is 2.21. The molecule has 0 atom stereocenters. The van der Waals surface area contributed by atoms with Gasteiger partial charge in [-0.25, -0.2) is 0 Å². The molecule has 1 N–H and O–H groups in total. The van der Waals surface area contributed by atoms with E-state index in [-0.39, 0.29) is 17.4 Å². The van der Waals surface area contributed by atoms with Gasteiger partial charge in [-0.2, -0.15) is 0 Å². The number of non-ortho nitro benzene ring substituents is 1. The lowest BCUT2D eigenvalue weighted by atomic mass is 10.1. The molecule has 0 radical (unpaired) electrons. The molecular weight excluding hydrogens is 358 g/mol. The van der Waals surface area contributed by atoms with E-state index in [1.807, 2.05) is 6.07 Å². The van der Waals surface area contributed by atoms with Crippen LogP contribution < -0.4 is 15.0 Å². The fourth-order valence-corrected chi connectivity index (χ4v) is 3.92. The summed E-state index contributed by atoms with van der Waals surface area (Å²) >= 11 is 0. The standard InChI is InChI=1S/C21H25N3O4/c25-24(26)18-11-16(21-17(12-18)14-27-15-28-21)13-22-19-7-3-4-8-20(19)23-9-5-1-2-6-10-23/h3-4,7-8,11-12,22H,1-2,5-6,9-10,13-15H2. The molecule has 0 bridgehead atoms. The summed E-state index contributed by atoms with van der Waals surface area (Å²) in [6.45, 7) is 3.07. The van der Waals surface area contributed by atoms with Gasteiger partial charge in [0.1, 0.15) is 5.75 Å². The minimum absolute atomic E-state index is 0.0606. The quantitative estimate of drug-likeness (QED) is 0.607. The van der Waals surface area contributed by atoms with Crippen molar-refractivity contribution in [2.24, 2.45) is 0 Å². The van der Waals surface area contributed by atoms with Crippen LogP contribution in [0.3, 0.4) is 0 Å². The summed E-state index contributed by atoms with van der Waals surface area (Å²) in [6.07, 6.45) is 4.98. The number of benzene rings is 2. The second-order valence-corrected chi connectivity index (χ2v) is 7.23. The first kappa shape index (κ1) is 18.6. The number of nitrogens with one attached hydrogen (secondary N) is 1. The van der Waals surface area contributed by atoms with Crippen LogP contribution in [0.15, 0.2) is 36.4 Å². The minimum Gasteiger partial charge on any atom is -0.467 e. The smallest absolute Gasteiger partial charge is 0.270 e. The maximum Gasteiger partial charge on any atom is 0.270 e. The van der Waals surface area contributed by atoms with Gasteiger partial charge in [-0.1, -0.05) is 25.0 Å². The molecule has 0 amide bonds. The minimum atomic E-state index is -0.371. The maximum atomic E-state index is 11.3. The molecule has 1 saturated heterocycles. The van der Waals surface area contributed by atoms with E-state index in [2.05, 4.69) is 28.4 Å². The van der Waals surface area contributed by atoms with Crippen molar-refractivity contribution < 1.29 is 14.4 Å². The van der Waals surface area contributed by atoms with E-state index in [0.717, 1.165) is 29.9 Å². The monoisotopic (exact) mass is 383 g/mol. The Bertz CT molecular complexity index is 848. The van der Waals surface area contributed by atoms with Crippen LogP contribution in [-0.4, -0.2) is 24.8 Å². The van der Waals surface area contributed by atoms with Crippen molar-refractivity contribution in [3.05, 3.63) is 57.6 Å². The molecule has 0 spiro atoms. The maximum absolute atomic E-state index is 11.3. The van der Waals surface area contributed by atoms with Gasteiger partial charge in [0, 0.05) is 42.9 Å². The average Bonchev–Trinajstić information content (AvgIpc) is 3.01. The Labute approximate surface area is 164 Å². The summed E-state index contributed by atoms with van der Waals surface area (Å²) in [5.41, 5.74) is 3.78. The molecule has 4 rings (SSSR count). The third-order valence-electron chi connectivity index (χ3n) is 5.30. The predicted molar refractivity (Wildman–Crippen MR) is 108 cm³/mol. The first-order chi connectivity index (χ1) is 13.7. The van der Waals surface area contributed by atoms with Crippen LogP contribution >= 0.6 is 0 Å². The zero-order valence-corrected chi connectivity index (χ0v) is 15.9. The van der Waals surface area contributed by atoms with Crippen LogP contribution in [0, 0.1) is 10.1 Å². The van der Waals surface area contributed by atoms with Crippen LogP contribution in [-0.2, 0) is 17.9 Å². The molecule has 2 aliphatic heterocycles. The van der Waals surface area contributed by atoms with Gasteiger partial charge in [0.25, 0.3) is 5.69 Å². The molecule has 2 heterocycles. The summed E-state index contributed by atoms with van der Waals surface area (Å²) in [4.78, 5) is 13.4. The van der Waals surface area contributed by atoms with E-state index in [1.54, 1.807) is 6.07 Å². The molecule has 7 heteroatoms. The zero-order valence-electron chi connectivity index (χ0n) is 15.9. The molecule has 0 saturated carbocycles. The second-order valence-electron chi connectivity index (χ2n) is 7.23. The molecule has 1 fully saturated rings. The lowest BCUT2D eigenvalue weighted by Gasteiger charge is -2.26. The zero-order chi connectivity index (χ0) is 19.3. The lowest BCUT2D eigenvalue weighted by Crippen LogP contribution is -2.25. The van der Waals surface area contributed by atoms with E-state index in [4.69, 9.17) is 9.47 Å². The number of anilines is 2. The molecule has 0 unspecified atom stereocenters. The molecule has 2 aliphatic rings. The van der Waals surface area contributed by atoms with Crippen molar-refractivity contribution in [3.8, 4) is 5.75 Å². The number of nitro groups is 1. The van der Waals surface area contributed by atoms with Gasteiger partial charge in [0.05, 0.1) is 22.9 Å². The van der Waals surface area contributed by atoms with Crippen LogP contribution in [0.1, 0.15) is 36.8 Å². The number of fused-ring (bicyclic) bond motifs is 1. The normalized spacial score (nSPS) is 16.6. The third kappa shape index (κ3) is 4.04. The molecule has 7 nitrogen and oxygen atoms in total. The second kappa shape index (κ2) is 8.48. The van der Waals surface area contributed by atoms with Crippen LogP contribution in [0.2, 0.25) is 0 Å². The van der Waals surface area contributed by atoms with E-state index in [1.165, 1.54) is 37.4 Å². The summed E-state index contributed by atoms with van der Waals surface area (Å²) < 4.78 is 10.9. The van der Waals surface area contributed by atoms with Crippen molar-refractivity contribution >= 4 is 17.1 Å². The van der Waals surface area contributed by atoms with Crippen molar-refractivity contribution in [2.75, 3.05) is 30.1 Å². The summed E-state index contributed by atoms with van der Waals surface area (Å²) in [6, 6.07) is 11.4. The van der Waals surface area contributed by atoms with Crippen molar-refractivity contribution in [2.45, 2.75) is 38.8 Å². The first-order valence-corrected chi connectivity index (χ1v) is 9.81. The van der Waals surface area contributed by atoms with Crippen molar-refractivity contribution in [3.63, 3.8) is 0 Å². The Kier molecular flexibility index (Phi) is 5.62. The highest BCUT2D eigenvalue weighted by Crippen LogP contribution is 2.34. The molecule has 2 aromatic carbocycles. The van der Waals surface area contributed by atoms with Gasteiger partial charge in [0.2, 0.25) is 0 Å². The van der Waals surface area contributed by atoms with Crippen molar-refractivity contribution in [1.82, 2.24) is 0 Å². The molecular formula is C21H25N3O4. The number of nitro benzene ring substituents is 1. The first-order valence-electron chi connectivity index (χ1n) is 9.81. The predicted octanol–water partition coefficient (Wildman–Crippen LogP) is 4.45. The van der Waals surface area contributed by atoms with Gasteiger partial charge in [0.15, 0.2) is 6.79 Å². The number of para-hydroxylation sites is 2. The highest BCUT2D eigenvalue weighted by atomic mass is 16.7. The van der Waals surface area contributed by atoms with Gasteiger partial charge in [-0.3, -0.25) is 10.1 Å². The fraction of sp³-hybridized carbons (Fsp3) is 0.429.